The second kappa shape index (κ2) is 7.89. The smallest absolute Gasteiger partial charge is 0.387 e. The van der Waals surface area contributed by atoms with Gasteiger partial charge in [0.25, 0.3) is 0 Å². The summed E-state index contributed by atoms with van der Waals surface area (Å²) >= 11 is 0. The van der Waals surface area contributed by atoms with Crippen molar-refractivity contribution in [1.82, 2.24) is 5.32 Å². The molecule has 0 aromatic heterocycles. The van der Waals surface area contributed by atoms with Crippen LogP contribution in [0.3, 0.4) is 0 Å². The van der Waals surface area contributed by atoms with Gasteiger partial charge in [0.05, 0.1) is 6.10 Å². The van der Waals surface area contributed by atoms with E-state index >= 15 is 0 Å². The fraction of sp³-hybridized carbons (Fsp3) is 0.438. The van der Waals surface area contributed by atoms with Gasteiger partial charge in [-0.25, -0.2) is 0 Å². The average Bonchev–Trinajstić information content (AvgIpc) is 2.41. The van der Waals surface area contributed by atoms with E-state index in [0.29, 0.717) is 5.56 Å². The zero-order chi connectivity index (χ0) is 16.8. The van der Waals surface area contributed by atoms with E-state index in [9.17, 15) is 18.7 Å². The summed E-state index contributed by atoms with van der Waals surface area (Å²) in [7, 11) is 0. The van der Waals surface area contributed by atoms with Gasteiger partial charge in [0.15, 0.2) is 0 Å². The number of benzene rings is 1. The maximum atomic E-state index is 12.1. The van der Waals surface area contributed by atoms with Crippen molar-refractivity contribution in [2.24, 2.45) is 5.41 Å². The van der Waals surface area contributed by atoms with E-state index in [0.717, 1.165) is 0 Å². The molecular weight excluding hydrogens is 292 g/mol. The molecule has 1 aromatic carbocycles. The topological polar surface area (TPSA) is 58.6 Å². The lowest BCUT2D eigenvalue weighted by molar-refractivity contribution is -0.117. The number of carbonyl (C=O) groups is 1. The van der Waals surface area contributed by atoms with Crippen LogP contribution < -0.4 is 10.1 Å². The quantitative estimate of drug-likeness (QED) is 0.794. The highest BCUT2D eigenvalue weighted by Gasteiger charge is 2.12. The third-order valence-electron chi connectivity index (χ3n) is 2.67. The van der Waals surface area contributed by atoms with Gasteiger partial charge in [-0.15, -0.1) is 0 Å². The minimum absolute atomic E-state index is 0.0224. The Kier molecular flexibility index (Phi) is 6.49. The highest BCUT2D eigenvalue weighted by molar-refractivity contribution is 5.87. The average molecular weight is 313 g/mol. The molecule has 0 bridgehead atoms. The molecule has 0 aliphatic rings. The van der Waals surface area contributed by atoms with Gasteiger partial charge in [0, 0.05) is 6.54 Å². The van der Waals surface area contributed by atoms with Gasteiger partial charge < -0.3 is 15.2 Å². The molecule has 0 radical (unpaired) electrons. The fourth-order valence-corrected chi connectivity index (χ4v) is 1.60. The summed E-state index contributed by atoms with van der Waals surface area (Å²) in [6.45, 7) is 2.93. The lowest BCUT2D eigenvalue weighted by atomic mass is 9.96. The number of hydrogen-bond donors (Lipinski definition) is 2. The Morgan fingerprint density at radius 1 is 1.41 bits per heavy atom. The standard InChI is InChI=1S/C16H21F2NO3/c1-16(2,3)8-7-14(21)19-10-13(20)11-5-4-6-12(9-11)22-15(17)18/h4-9,13,15,20H,10H2,1-3H3,(H,19,21)/b8-7+. The van der Waals surface area contributed by atoms with E-state index in [4.69, 9.17) is 0 Å². The Balaban J connectivity index is 2.57. The molecule has 0 aliphatic heterocycles. The van der Waals surface area contributed by atoms with Crippen molar-refractivity contribution in [2.45, 2.75) is 33.5 Å². The molecule has 1 aromatic rings. The zero-order valence-corrected chi connectivity index (χ0v) is 12.8. The van der Waals surface area contributed by atoms with E-state index in [1.54, 1.807) is 12.1 Å². The zero-order valence-electron chi connectivity index (χ0n) is 12.8. The van der Waals surface area contributed by atoms with E-state index < -0.39 is 12.7 Å². The molecule has 0 fully saturated rings. The number of hydrogen-bond acceptors (Lipinski definition) is 3. The lowest BCUT2D eigenvalue weighted by Crippen LogP contribution is -2.27. The first-order valence-electron chi connectivity index (χ1n) is 6.87. The number of carbonyl (C=O) groups excluding carboxylic acids is 1. The Morgan fingerprint density at radius 2 is 2.09 bits per heavy atom. The Bertz CT molecular complexity index is 524. The molecule has 0 saturated heterocycles. The van der Waals surface area contributed by atoms with E-state index in [2.05, 4.69) is 10.1 Å². The number of alkyl halides is 2. The van der Waals surface area contributed by atoms with Crippen LogP contribution in [-0.4, -0.2) is 24.2 Å². The molecule has 1 amide bonds. The van der Waals surface area contributed by atoms with Gasteiger partial charge in [-0.1, -0.05) is 39.0 Å². The van der Waals surface area contributed by atoms with Crippen molar-refractivity contribution >= 4 is 5.91 Å². The van der Waals surface area contributed by atoms with Crippen LogP contribution in [0, 0.1) is 5.41 Å². The van der Waals surface area contributed by atoms with Gasteiger partial charge in [0.2, 0.25) is 5.91 Å². The van der Waals surface area contributed by atoms with Crippen molar-refractivity contribution in [1.29, 1.82) is 0 Å². The SMILES string of the molecule is CC(C)(C)/C=C/C(=O)NCC(O)c1cccc(OC(F)F)c1. The lowest BCUT2D eigenvalue weighted by Gasteiger charge is -2.14. The van der Waals surface area contributed by atoms with Gasteiger partial charge in [-0.2, -0.15) is 8.78 Å². The van der Waals surface area contributed by atoms with Crippen LogP contribution in [0.5, 0.6) is 5.75 Å². The highest BCUT2D eigenvalue weighted by atomic mass is 19.3. The molecule has 4 nitrogen and oxygen atoms in total. The first-order chi connectivity index (χ1) is 10.2. The second-order valence-corrected chi connectivity index (χ2v) is 5.91. The summed E-state index contributed by atoms with van der Waals surface area (Å²) in [6, 6.07) is 5.75. The van der Waals surface area contributed by atoms with Crippen LogP contribution in [0.2, 0.25) is 0 Å². The second-order valence-electron chi connectivity index (χ2n) is 5.91. The molecule has 0 aliphatic carbocycles. The minimum atomic E-state index is -2.92. The first kappa shape index (κ1) is 18.1. The number of aliphatic hydroxyl groups excluding tert-OH is 1. The Labute approximate surface area is 128 Å². The molecule has 1 rings (SSSR count). The van der Waals surface area contributed by atoms with Gasteiger partial charge in [0.1, 0.15) is 5.75 Å². The van der Waals surface area contributed by atoms with Crippen molar-refractivity contribution in [2.75, 3.05) is 6.54 Å². The summed E-state index contributed by atoms with van der Waals surface area (Å²) < 4.78 is 28.5. The molecule has 22 heavy (non-hydrogen) atoms. The molecule has 1 atom stereocenters. The number of ether oxygens (including phenoxy) is 1. The van der Waals surface area contributed by atoms with Crippen LogP contribution >= 0.6 is 0 Å². The molecule has 0 heterocycles. The van der Waals surface area contributed by atoms with Gasteiger partial charge in [-0.3, -0.25) is 4.79 Å². The van der Waals surface area contributed by atoms with E-state index in [-0.39, 0.29) is 23.6 Å². The molecule has 6 heteroatoms. The van der Waals surface area contributed by atoms with E-state index in [1.807, 2.05) is 20.8 Å². The van der Waals surface area contributed by atoms with Crippen molar-refractivity contribution in [3.05, 3.63) is 42.0 Å². The third-order valence-corrected chi connectivity index (χ3v) is 2.67. The van der Waals surface area contributed by atoms with Gasteiger partial charge in [-0.05, 0) is 29.2 Å². The maximum absolute atomic E-state index is 12.1. The summed E-state index contributed by atoms with van der Waals surface area (Å²) in [5, 5.41) is 12.5. The van der Waals surface area contributed by atoms with Gasteiger partial charge >= 0.3 is 6.61 Å². The van der Waals surface area contributed by atoms with Crippen molar-refractivity contribution in [3.63, 3.8) is 0 Å². The Hall–Kier alpha value is -1.95. The predicted octanol–water partition coefficient (Wildman–Crippen LogP) is 3.04. The van der Waals surface area contributed by atoms with Crippen LogP contribution in [0.4, 0.5) is 8.78 Å². The molecule has 1 unspecified atom stereocenters. The first-order valence-corrected chi connectivity index (χ1v) is 6.87. The number of rotatable bonds is 6. The molecule has 0 spiro atoms. The van der Waals surface area contributed by atoms with E-state index in [1.165, 1.54) is 24.3 Å². The molecule has 0 saturated carbocycles. The number of nitrogens with one attached hydrogen (secondary N) is 1. The minimum Gasteiger partial charge on any atom is -0.435 e. The predicted molar refractivity (Wildman–Crippen MR) is 79.6 cm³/mol. The third kappa shape index (κ3) is 7.17. The maximum Gasteiger partial charge on any atom is 0.387 e. The summed E-state index contributed by atoms with van der Waals surface area (Å²) in [5.41, 5.74) is 0.273. The monoisotopic (exact) mass is 313 g/mol. The molecule has 122 valence electrons. The Morgan fingerprint density at radius 3 is 2.68 bits per heavy atom. The fourth-order valence-electron chi connectivity index (χ4n) is 1.60. The summed E-state index contributed by atoms with van der Waals surface area (Å²) in [5.74, 6) is -0.362. The number of allylic oxidation sites excluding steroid dienone is 1. The van der Waals surface area contributed by atoms with Crippen LogP contribution in [0.15, 0.2) is 36.4 Å². The van der Waals surface area contributed by atoms with Crippen LogP contribution in [0.1, 0.15) is 32.4 Å². The summed E-state index contributed by atoms with van der Waals surface area (Å²) in [6.07, 6.45) is 2.16. The van der Waals surface area contributed by atoms with Crippen molar-refractivity contribution in [3.8, 4) is 5.75 Å². The normalized spacial score (nSPS) is 13.4. The van der Waals surface area contributed by atoms with Crippen LogP contribution in [0.25, 0.3) is 0 Å². The number of amides is 1. The number of aliphatic hydroxyl groups is 1. The number of halogens is 2. The highest BCUT2D eigenvalue weighted by Crippen LogP contribution is 2.20. The van der Waals surface area contributed by atoms with Crippen LogP contribution in [-0.2, 0) is 4.79 Å². The van der Waals surface area contributed by atoms with Crippen molar-refractivity contribution < 1.29 is 23.4 Å². The molecular formula is C16H21F2NO3. The largest absolute Gasteiger partial charge is 0.435 e. The molecule has 2 N–H and O–H groups in total. The summed E-state index contributed by atoms with van der Waals surface area (Å²) in [4.78, 5) is 11.6.